The lowest BCUT2D eigenvalue weighted by Gasteiger charge is -2.15. The minimum Gasteiger partial charge on any atom is -0.346 e. The van der Waals surface area contributed by atoms with Crippen LogP contribution >= 0.6 is 0 Å². The Bertz CT molecular complexity index is 994. The minimum atomic E-state index is -0.175. The SMILES string of the molecule is CC[NH+](CC)CCNC(=O)c1ccc(Cn2nnc3ccccc3c2=O)cc1. The van der Waals surface area contributed by atoms with Gasteiger partial charge in [0.05, 0.1) is 38.1 Å². The van der Waals surface area contributed by atoms with E-state index in [9.17, 15) is 9.59 Å². The van der Waals surface area contributed by atoms with E-state index in [1.165, 1.54) is 9.58 Å². The Hall–Kier alpha value is -3.06. The van der Waals surface area contributed by atoms with Crippen LogP contribution < -0.4 is 15.8 Å². The largest absolute Gasteiger partial charge is 0.346 e. The Morgan fingerprint density at radius 3 is 2.50 bits per heavy atom. The van der Waals surface area contributed by atoms with E-state index in [0.717, 1.165) is 25.2 Å². The molecule has 0 aliphatic heterocycles. The number of benzene rings is 2. The van der Waals surface area contributed by atoms with Crippen molar-refractivity contribution in [3.05, 3.63) is 70.0 Å². The van der Waals surface area contributed by atoms with Gasteiger partial charge in [0.25, 0.3) is 11.5 Å². The summed E-state index contributed by atoms with van der Waals surface area (Å²) in [6.07, 6.45) is 0. The molecular formula is C21H26N5O2+. The average Bonchev–Trinajstić information content (AvgIpc) is 2.74. The topological polar surface area (TPSA) is 81.3 Å². The molecule has 3 rings (SSSR count). The third-order valence-electron chi connectivity index (χ3n) is 4.94. The maximum absolute atomic E-state index is 12.5. The smallest absolute Gasteiger partial charge is 0.277 e. The molecule has 1 heterocycles. The molecular weight excluding hydrogens is 354 g/mol. The molecule has 7 heteroatoms. The zero-order chi connectivity index (χ0) is 19.9. The van der Waals surface area contributed by atoms with Gasteiger partial charge in [0.15, 0.2) is 0 Å². The molecule has 0 unspecified atom stereocenters. The minimum absolute atomic E-state index is 0.0826. The predicted octanol–water partition coefficient (Wildman–Crippen LogP) is 0.494. The molecule has 0 bridgehead atoms. The van der Waals surface area contributed by atoms with Crippen LogP contribution in [0.3, 0.4) is 0 Å². The highest BCUT2D eigenvalue weighted by Gasteiger charge is 2.09. The summed E-state index contributed by atoms with van der Waals surface area (Å²) in [7, 11) is 0. The van der Waals surface area contributed by atoms with Crippen molar-refractivity contribution >= 4 is 16.8 Å². The van der Waals surface area contributed by atoms with Gasteiger partial charge in [-0.1, -0.05) is 29.5 Å². The van der Waals surface area contributed by atoms with E-state index in [0.29, 0.717) is 29.6 Å². The highest BCUT2D eigenvalue weighted by molar-refractivity contribution is 5.94. The molecule has 1 aromatic heterocycles. The van der Waals surface area contributed by atoms with Crippen LogP contribution in [-0.2, 0) is 6.54 Å². The molecule has 0 atom stereocenters. The van der Waals surface area contributed by atoms with Crippen LogP contribution in [0.5, 0.6) is 0 Å². The summed E-state index contributed by atoms with van der Waals surface area (Å²) in [4.78, 5) is 26.3. The monoisotopic (exact) mass is 380 g/mol. The average molecular weight is 380 g/mol. The van der Waals surface area contributed by atoms with E-state index in [4.69, 9.17) is 0 Å². The van der Waals surface area contributed by atoms with Crippen LogP contribution in [0.1, 0.15) is 29.8 Å². The van der Waals surface area contributed by atoms with Gasteiger partial charge in [-0.05, 0) is 43.7 Å². The molecule has 2 N–H and O–H groups in total. The first-order chi connectivity index (χ1) is 13.6. The summed E-state index contributed by atoms with van der Waals surface area (Å²) < 4.78 is 1.34. The Kier molecular flexibility index (Phi) is 6.49. The van der Waals surface area contributed by atoms with E-state index in [2.05, 4.69) is 29.5 Å². The van der Waals surface area contributed by atoms with Crippen molar-refractivity contribution in [1.29, 1.82) is 0 Å². The van der Waals surface area contributed by atoms with Gasteiger partial charge in [0.1, 0.15) is 5.52 Å². The lowest BCUT2D eigenvalue weighted by Crippen LogP contribution is -3.12. The summed E-state index contributed by atoms with van der Waals surface area (Å²) in [6, 6.07) is 14.4. The second kappa shape index (κ2) is 9.23. The fourth-order valence-corrected chi connectivity index (χ4v) is 3.12. The lowest BCUT2D eigenvalue weighted by molar-refractivity contribution is -0.895. The number of fused-ring (bicyclic) bond motifs is 1. The van der Waals surface area contributed by atoms with Gasteiger partial charge in [-0.15, -0.1) is 5.10 Å². The van der Waals surface area contributed by atoms with Crippen molar-refractivity contribution in [3.8, 4) is 0 Å². The maximum Gasteiger partial charge on any atom is 0.277 e. The Labute approximate surface area is 164 Å². The van der Waals surface area contributed by atoms with Gasteiger partial charge in [0.2, 0.25) is 0 Å². The Morgan fingerprint density at radius 2 is 1.79 bits per heavy atom. The number of nitrogens with zero attached hydrogens (tertiary/aromatic N) is 3. The molecule has 0 saturated heterocycles. The van der Waals surface area contributed by atoms with Crippen LogP contribution in [0.15, 0.2) is 53.3 Å². The molecule has 0 spiro atoms. The van der Waals surface area contributed by atoms with E-state index < -0.39 is 0 Å². The van der Waals surface area contributed by atoms with E-state index in [1.54, 1.807) is 24.3 Å². The van der Waals surface area contributed by atoms with Crippen molar-refractivity contribution in [1.82, 2.24) is 20.3 Å². The van der Waals surface area contributed by atoms with Crippen molar-refractivity contribution in [2.24, 2.45) is 0 Å². The normalized spacial score (nSPS) is 11.1. The number of carbonyl (C=O) groups is 1. The molecule has 28 heavy (non-hydrogen) atoms. The standard InChI is InChI=1S/C21H25N5O2/c1-3-25(4-2)14-13-22-20(27)17-11-9-16(10-12-17)15-26-21(28)18-7-5-6-8-19(18)23-24-26/h5-12H,3-4,13-15H2,1-2H3,(H,22,27)/p+1. The number of likely N-dealkylation sites (N-methyl/N-ethyl adjacent to an activating group) is 1. The second-order valence-electron chi connectivity index (χ2n) is 6.73. The fourth-order valence-electron chi connectivity index (χ4n) is 3.12. The first-order valence-corrected chi connectivity index (χ1v) is 9.65. The van der Waals surface area contributed by atoms with Crippen LogP contribution in [0.4, 0.5) is 0 Å². The first kappa shape index (κ1) is 19.7. The van der Waals surface area contributed by atoms with Crippen molar-refractivity contribution in [2.45, 2.75) is 20.4 Å². The third kappa shape index (κ3) is 4.61. The number of rotatable bonds is 8. The van der Waals surface area contributed by atoms with E-state index >= 15 is 0 Å². The van der Waals surface area contributed by atoms with Crippen LogP contribution in [0.25, 0.3) is 10.9 Å². The molecule has 0 aliphatic rings. The molecule has 146 valence electrons. The molecule has 7 nitrogen and oxygen atoms in total. The number of amides is 1. The highest BCUT2D eigenvalue weighted by Crippen LogP contribution is 2.07. The fraction of sp³-hybridized carbons (Fsp3) is 0.333. The number of hydrogen-bond donors (Lipinski definition) is 2. The molecule has 0 radical (unpaired) electrons. The summed E-state index contributed by atoms with van der Waals surface area (Å²) in [6.45, 7) is 8.27. The summed E-state index contributed by atoms with van der Waals surface area (Å²) in [5, 5.41) is 11.6. The van der Waals surface area contributed by atoms with Gasteiger partial charge in [-0.25, -0.2) is 4.68 Å². The summed E-state index contributed by atoms with van der Waals surface area (Å²) in [5.74, 6) is -0.0826. The maximum atomic E-state index is 12.5. The number of quaternary nitrogens is 1. The van der Waals surface area contributed by atoms with Gasteiger partial charge >= 0.3 is 0 Å². The van der Waals surface area contributed by atoms with Gasteiger partial charge in [-0.2, -0.15) is 0 Å². The van der Waals surface area contributed by atoms with E-state index in [1.807, 2.05) is 24.3 Å². The first-order valence-electron chi connectivity index (χ1n) is 9.65. The number of hydrogen-bond acceptors (Lipinski definition) is 4. The number of nitrogens with one attached hydrogen (secondary N) is 2. The summed E-state index contributed by atoms with van der Waals surface area (Å²) in [5.41, 5.74) is 1.90. The number of carbonyl (C=O) groups excluding carboxylic acids is 1. The Morgan fingerprint density at radius 1 is 1.07 bits per heavy atom. The van der Waals surface area contributed by atoms with Crippen LogP contribution in [0.2, 0.25) is 0 Å². The van der Waals surface area contributed by atoms with Gasteiger partial charge in [-0.3, -0.25) is 9.59 Å². The third-order valence-corrected chi connectivity index (χ3v) is 4.94. The molecule has 2 aromatic carbocycles. The second-order valence-corrected chi connectivity index (χ2v) is 6.73. The Balaban J connectivity index is 1.64. The zero-order valence-corrected chi connectivity index (χ0v) is 16.3. The van der Waals surface area contributed by atoms with Crippen LogP contribution in [-0.4, -0.2) is 47.1 Å². The highest BCUT2D eigenvalue weighted by atomic mass is 16.1. The summed E-state index contributed by atoms with van der Waals surface area (Å²) >= 11 is 0. The molecule has 3 aromatic rings. The molecule has 0 fully saturated rings. The predicted molar refractivity (Wildman–Crippen MR) is 109 cm³/mol. The number of aromatic nitrogens is 3. The van der Waals surface area contributed by atoms with Crippen molar-refractivity contribution < 1.29 is 9.69 Å². The quantitative estimate of drug-likeness (QED) is 0.596. The van der Waals surface area contributed by atoms with Crippen molar-refractivity contribution in [3.63, 3.8) is 0 Å². The van der Waals surface area contributed by atoms with Crippen LogP contribution in [0, 0.1) is 0 Å². The van der Waals surface area contributed by atoms with Gasteiger partial charge < -0.3 is 10.2 Å². The molecule has 1 amide bonds. The van der Waals surface area contributed by atoms with Crippen molar-refractivity contribution in [2.75, 3.05) is 26.2 Å². The lowest BCUT2D eigenvalue weighted by atomic mass is 10.1. The molecule has 0 saturated carbocycles. The molecule has 0 aliphatic carbocycles. The van der Waals surface area contributed by atoms with Gasteiger partial charge in [0, 0.05) is 5.56 Å². The van der Waals surface area contributed by atoms with E-state index in [-0.39, 0.29) is 11.5 Å². The zero-order valence-electron chi connectivity index (χ0n) is 16.3.